The molecule has 1 aromatic carbocycles. The Morgan fingerprint density at radius 2 is 1.91 bits per heavy atom. The molecule has 1 fully saturated rings. The maximum Gasteiger partial charge on any atom is 0.259 e. The number of sulfonamides is 1. The lowest BCUT2D eigenvalue weighted by Gasteiger charge is -2.26. The molecule has 8 nitrogen and oxygen atoms in total. The number of anilines is 1. The first-order chi connectivity index (χ1) is 16.3. The van der Waals surface area contributed by atoms with E-state index >= 15 is 0 Å². The van der Waals surface area contributed by atoms with E-state index in [1.807, 2.05) is 24.4 Å². The predicted octanol–water partition coefficient (Wildman–Crippen LogP) is 5.00. The van der Waals surface area contributed by atoms with E-state index in [1.54, 1.807) is 25.1 Å². The van der Waals surface area contributed by atoms with Crippen LogP contribution in [-0.2, 0) is 10.0 Å². The number of hydrogen-bond acceptors (Lipinski definition) is 7. The minimum atomic E-state index is -3.62. The van der Waals surface area contributed by atoms with Crippen molar-refractivity contribution in [2.24, 2.45) is 0 Å². The van der Waals surface area contributed by atoms with Crippen LogP contribution < -0.4 is 5.32 Å². The largest absolute Gasteiger partial charge is 0.335 e. The SMILES string of the molecule is Cc1ccc(S(=O)(=O)N2CCCCC2)cc1NC(=O)c1cc(-c2cccs2)nc2onc(C)c12. The maximum atomic E-state index is 13.5. The summed E-state index contributed by atoms with van der Waals surface area (Å²) in [4.78, 5) is 19.0. The number of piperidine rings is 1. The summed E-state index contributed by atoms with van der Waals surface area (Å²) in [7, 11) is -3.62. The number of thiophene rings is 1. The van der Waals surface area contributed by atoms with E-state index in [9.17, 15) is 13.2 Å². The lowest BCUT2D eigenvalue weighted by molar-refractivity contribution is 0.102. The summed E-state index contributed by atoms with van der Waals surface area (Å²) in [5.74, 6) is -0.382. The molecule has 0 bridgehead atoms. The van der Waals surface area contributed by atoms with Crippen molar-refractivity contribution >= 4 is 44.1 Å². The monoisotopic (exact) mass is 496 g/mol. The van der Waals surface area contributed by atoms with Gasteiger partial charge in [-0.1, -0.05) is 23.7 Å². The molecule has 176 valence electrons. The lowest BCUT2D eigenvalue weighted by Crippen LogP contribution is -2.35. The zero-order valence-electron chi connectivity index (χ0n) is 18.9. The smallest absolute Gasteiger partial charge is 0.259 e. The molecular weight excluding hydrogens is 472 g/mol. The van der Waals surface area contributed by atoms with E-state index in [2.05, 4.69) is 15.5 Å². The third kappa shape index (κ3) is 4.13. The Kier molecular flexibility index (Phi) is 5.97. The molecule has 5 rings (SSSR count). The molecule has 0 unspecified atom stereocenters. The van der Waals surface area contributed by atoms with Crippen LogP contribution in [0, 0.1) is 13.8 Å². The van der Waals surface area contributed by atoms with Crippen LogP contribution in [0.1, 0.15) is 40.9 Å². The number of pyridine rings is 1. The quantitative estimate of drug-likeness (QED) is 0.417. The van der Waals surface area contributed by atoms with Crippen molar-refractivity contribution in [3.63, 3.8) is 0 Å². The van der Waals surface area contributed by atoms with Gasteiger partial charge in [-0.15, -0.1) is 11.3 Å². The minimum absolute atomic E-state index is 0.176. The number of hydrogen-bond donors (Lipinski definition) is 1. The number of aryl methyl sites for hydroxylation is 2. The van der Waals surface area contributed by atoms with Crippen LogP contribution in [0.4, 0.5) is 5.69 Å². The van der Waals surface area contributed by atoms with Crippen molar-refractivity contribution in [2.75, 3.05) is 18.4 Å². The van der Waals surface area contributed by atoms with Gasteiger partial charge in [0.1, 0.15) is 0 Å². The topological polar surface area (TPSA) is 105 Å². The number of benzene rings is 1. The Balaban J connectivity index is 1.51. The average Bonchev–Trinajstić information content (AvgIpc) is 3.51. The van der Waals surface area contributed by atoms with Gasteiger partial charge in [-0.25, -0.2) is 13.4 Å². The van der Waals surface area contributed by atoms with Gasteiger partial charge in [-0.2, -0.15) is 4.31 Å². The fraction of sp³-hybridized carbons (Fsp3) is 0.292. The highest BCUT2D eigenvalue weighted by Crippen LogP contribution is 2.31. The molecule has 4 heterocycles. The molecule has 0 radical (unpaired) electrons. The van der Waals surface area contributed by atoms with Crippen LogP contribution in [0.2, 0.25) is 0 Å². The number of fused-ring (bicyclic) bond motifs is 1. The molecule has 0 aliphatic carbocycles. The molecule has 34 heavy (non-hydrogen) atoms. The van der Waals surface area contributed by atoms with Gasteiger partial charge >= 0.3 is 0 Å². The summed E-state index contributed by atoms with van der Waals surface area (Å²) in [6.45, 7) is 4.62. The van der Waals surface area contributed by atoms with Gasteiger partial charge in [0.2, 0.25) is 10.0 Å². The molecule has 3 aromatic heterocycles. The van der Waals surface area contributed by atoms with Gasteiger partial charge < -0.3 is 9.84 Å². The summed E-state index contributed by atoms with van der Waals surface area (Å²) >= 11 is 1.51. The van der Waals surface area contributed by atoms with Gasteiger partial charge in [0.15, 0.2) is 0 Å². The molecule has 4 aromatic rings. The lowest BCUT2D eigenvalue weighted by atomic mass is 10.1. The Morgan fingerprint density at radius 1 is 1.12 bits per heavy atom. The van der Waals surface area contributed by atoms with Crippen LogP contribution in [0.5, 0.6) is 0 Å². The average molecular weight is 497 g/mol. The highest BCUT2D eigenvalue weighted by Gasteiger charge is 2.27. The van der Waals surface area contributed by atoms with Crippen LogP contribution in [0.15, 0.2) is 51.2 Å². The number of carbonyl (C=O) groups is 1. The fourth-order valence-electron chi connectivity index (χ4n) is 4.16. The highest BCUT2D eigenvalue weighted by molar-refractivity contribution is 7.89. The second-order valence-corrected chi connectivity index (χ2v) is 11.3. The van der Waals surface area contributed by atoms with Gasteiger partial charge in [0, 0.05) is 18.8 Å². The molecule has 10 heteroatoms. The summed E-state index contributed by atoms with van der Waals surface area (Å²) in [6.07, 6.45) is 2.76. The van der Waals surface area contributed by atoms with Crippen molar-refractivity contribution in [3.8, 4) is 10.6 Å². The molecule has 0 saturated carbocycles. The molecular formula is C24H24N4O4S2. The van der Waals surface area contributed by atoms with Crippen molar-refractivity contribution in [1.29, 1.82) is 0 Å². The number of amides is 1. The Hall–Kier alpha value is -3.08. The number of rotatable bonds is 5. The molecule has 0 atom stereocenters. The van der Waals surface area contributed by atoms with E-state index in [-0.39, 0.29) is 16.5 Å². The number of nitrogens with zero attached hydrogens (tertiary/aromatic N) is 3. The zero-order valence-corrected chi connectivity index (χ0v) is 20.5. The number of carbonyl (C=O) groups excluding carboxylic acids is 1. The van der Waals surface area contributed by atoms with Gasteiger partial charge in [0.05, 0.1) is 32.1 Å². The first kappa shape index (κ1) is 22.7. The van der Waals surface area contributed by atoms with Crippen molar-refractivity contribution in [3.05, 3.63) is 58.6 Å². The van der Waals surface area contributed by atoms with Crippen LogP contribution in [-0.4, -0.2) is 41.9 Å². The van der Waals surface area contributed by atoms with Crippen LogP contribution >= 0.6 is 11.3 Å². The van der Waals surface area contributed by atoms with Crippen molar-refractivity contribution in [1.82, 2.24) is 14.4 Å². The Bertz CT molecular complexity index is 1470. The maximum absolute atomic E-state index is 13.5. The number of nitrogens with one attached hydrogen (secondary N) is 1. The van der Waals surface area contributed by atoms with E-state index in [0.717, 1.165) is 29.7 Å². The Morgan fingerprint density at radius 3 is 2.65 bits per heavy atom. The van der Waals surface area contributed by atoms with E-state index < -0.39 is 10.0 Å². The second kappa shape index (κ2) is 8.94. The molecule has 1 saturated heterocycles. The summed E-state index contributed by atoms with van der Waals surface area (Å²) in [5.41, 5.74) is 3.03. The van der Waals surface area contributed by atoms with E-state index in [1.165, 1.54) is 21.7 Å². The molecule has 1 N–H and O–H groups in total. The summed E-state index contributed by atoms with van der Waals surface area (Å²) in [6, 6.07) is 10.4. The molecule has 0 spiro atoms. The van der Waals surface area contributed by atoms with Gasteiger partial charge in [-0.3, -0.25) is 4.79 Å². The van der Waals surface area contributed by atoms with Crippen molar-refractivity contribution < 1.29 is 17.7 Å². The number of aromatic nitrogens is 2. The standard InChI is InChI=1S/C24H24N4O4S2/c1-15-8-9-17(34(30,31)28-10-4-3-5-11-28)13-19(15)25-23(29)18-14-20(21-7-6-12-33-21)26-24-22(18)16(2)27-32-24/h6-9,12-14H,3-5,10-11H2,1-2H3,(H,25,29). The Labute approximate surface area is 201 Å². The highest BCUT2D eigenvalue weighted by atomic mass is 32.2. The fourth-order valence-corrected chi connectivity index (χ4v) is 6.39. The van der Waals surface area contributed by atoms with E-state index in [4.69, 9.17) is 4.52 Å². The van der Waals surface area contributed by atoms with Gasteiger partial charge in [0.25, 0.3) is 11.6 Å². The summed E-state index contributed by atoms with van der Waals surface area (Å²) < 4.78 is 33.2. The van der Waals surface area contributed by atoms with Crippen LogP contribution in [0.3, 0.4) is 0 Å². The molecule has 1 aliphatic heterocycles. The summed E-state index contributed by atoms with van der Waals surface area (Å²) in [5, 5.41) is 9.36. The van der Waals surface area contributed by atoms with Crippen LogP contribution in [0.25, 0.3) is 21.7 Å². The van der Waals surface area contributed by atoms with Gasteiger partial charge in [-0.05, 0) is 61.9 Å². The third-order valence-electron chi connectivity index (χ3n) is 6.05. The third-order valence-corrected chi connectivity index (χ3v) is 8.83. The molecule has 1 amide bonds. The second-order valence-electron chi connectivity index (χ2n) is 8.38. The normalized spacial score (nSPS) is 15.0. The first-order valence-corrected chi connectivity index (χ1v) is 13.4. The van der Waals surface area contributed by atoms with Crippen molar-refractivity contribution in [2.45, 2.75) is 38.0 Å². The van der Waals surface area contributed by atoms with E-state index in [0.29, 0.717) is 41.1 Å². The predicted molar refractivity (Wildman–Crippen MR) is 132 cm³/mol. The minimum Gasteiger partial charge on any atom is -0.335 e. The zero-order chi connectivity index (χ0) is 23.9. The first-order valence-electron chi connectivity index (χ1n) is 11.1. The molecule has 1 aliphatic rings.